The number of ether oxygens (including phenoxy) is 1. The van der Waals surface area contributed by atoms with Crippen LogP contribution in [-0.4, -0.2) is 11.0 Å². The SMILES string of the molecule is Cc1ccc2cccc(OC(=O)c3cccc(I)c3)c2n1. The van der Waals surface area contributed by atoms with Crippen LogP contribution in [0.15, 0.2) is 54.6 Å². The molecule has 2 aromatic carbocycles. The molecule has 0 saturated carbocycles. The average molecular weight is 389 g/mol. The first-order valence-corrected chi connectivity index (χ1v) is 7.55. The predicted octanol–water partition coefficient (Wildman–Crippen LogP) is 4.37. The molecule has 1 aromatic heterocycles. The van der Waals surface area contributed by atoms with Crippen molar-refractivity contribution in [2.45, 2.75) is 6.92 Å². The molecule has 0 fully saturated rings. The number of hydrogen-bond acceptors (Lipinski definition) is 3. The van der Waals surface area contributed by atoms with Gasteiger partial charge in [0.15, 0.2) is 5.75 Å². The van der Waals surface area contributed by atoms with Crippen LogP contribution in [0.25, 0.3) is 10.9 Å². The molecule has 4 heteroatoms. The van der Waals surface area contributed by atoms with Gasteiger partial charge < -0.3 is 4.74 Å². The summed E-state index contributed by atoms with van der Waals surface area (Å²) in [4.78, 5) is 16.7. The van der Waals surface area contributed by atoms with Crippen molar-refractivity contribution in [3.05, 3.63) is 69.4 Å². The Morgan fingerprint density at radius 3 is 2.71 bits per heavy atom. The molecule has 0 radical (unpaired) electrons. The topological polar surface area (TPSA) is 39.2 Å². The van der Waals surface area contributed by atoms with Crippen LogP contribution in [0.1, 0.15) is 16.1 Å². The highest BCUT2D eigenvalue weighted by Crippen LogP contribution is 2.25. The first kappa shape index (κ1) is 14.0. The molecule has 0 spiro atoms. The largest absolute Gasteiger partial charge is 0.421 e. The number of fused-ring (bicyclic) bond motifs is 1. The highest BCUT2D eigenvalue weighted by atomic mass is 127. The quantitative estimate of drug-likeness (QED) is 0.371. The van der Waals surface area contributed by atoms with E-state index in [0.29, 0.717) is 16.8 Å². The van der Waals surface area contributed by atoms with Crippen molar-refractivity contribution in [1.82, 2.24) is 4.98 Å². The molecule has 3 aromatic rings. The number of aromatic nitrogens is 1. The van der Waals surface area contributed by atoms with Crippen LogP contribution in [0.4, 0.5) is 0 Å². The smallest absolute Gasteiger partial charge is 0.343 e. The number of pyridine rings is 1. The van der Waals surface area contributed by atoms with Crippen LogP contribution in [-0.2, 0) is 0 Å². The molecule has 0 aliphatic heterocycles. The van der Waals surface area contributed by atoms with Gasteiger partial charge in [-0.25, -0.2) is 9.78 Å². The lowest BCUT2D eigenvalue weighted by Crippen LogP contribution is -2.09. The molecular weight excluding hydrogens is 377 g/mol. The minimum absolute atomic E-state index is 0.371. The third kappa shape index (κ3) is 3.05. The number of para-hydroxylation sites is 1. The Balaban J connectivity index is 1.98. The summed E-state index contributed by atoms with van der Waals surface area (Å²) in [5.74, 6) is 0.115. The van der Waals surface area contributed by atoms with E-state index in [-0.39, 0.29) is 5.97 Å². The van der Waals surface area contributed by atoms with E-state index in [1.165, 1.54) is 0 Å². The lowest BCUT2D eigenvalue weighted by Gasteiger charge is -2.08. The molecule has 0 aliphatic carbocycles. The molecule has 0 unspecified atom stereocenters. The molecule has 0 aliphatic rings. The van der Waals surface area contributed by atoms with E-state index in [9.17, 15) is 4.79 Å². The predicted molar refractivity (Wildman–Crippen MR) is 90.6 cm³/mol. The van der Waals surface area contributed by atoms with E-state index >= 15 is 0 Å². The maximum absolute atomic E-state index is 12.2. The minimum atomic E-state index is -0.371. The van der Waals surface area contributed by atoms with Crippen molar-refractivity contribution in [1.29, 1.82) is 0 Å². The monoisotopic (exact) mass is 389 g/mol. The van der Waals surface area contributed by atoms with Gasteiger partial charge >= 0.3 is 5.97 Å². The number of aryl methyl sites for hydroxylation is 1. The van der Waals surface area contributed by atoms with Crippen LogP contribution >= 0.6 is 22.6 Å². The van der Waals surface area contributed by atoms with Crippen LogP contribution in [0.2, 0.25) is 0 Å². The van der Waals surface area contributed by atoms with Crippen molar-refractivity contribution >= 4 is 39.5 Å². The van der Waals surface area contributed by atoms with Crippen LogP contribution in [0.3, 0.4) is 0 Å². The molecule has 0 saturated heterocycles. The number of nitrogens with zero attached hydrogens (tertiary/aromatic N) is 1. The molecule has 3 nitrogen and oxygen atoms in total. The number of halogens is 1. The lowest BCUT2D eigenvalue weighted by molar-refractivity contribution is 0.0736. The first-order valence-electron chi connectivity index (χ1n) is 6.47. The Bertz CT molecular complexity index is 830. The second kappa shape index (κ2) is 5.81. The van der Waals surface area contributed by atoms with E-state index < -0.39 is 0 Å². The van der Waals surface area contributed by atoms with Crippen molar-refractivity contribution in [2.24, 2.45) is 0 Å². The third-order valence-electron chi connectivity index (χ3n) is 3.09. The minimum Gasteiger partial charge on any atom is -0.421 e. The van der Waals surface area contributed by atoms with E-state index in [4.69, 9.17) is 4.74 Å². The highest BCUT2D eigenvalue weighted by Gasteiger charge is 2.12. The second-order valence-electron chi connectivity index (χ2n) is 4.68. The highest BCUT2D eigenvalue weighted by molar-refractivity contribution is 14.1. The van der Waals surface area contributed by atoms with Gasteiger partial charge in [-0.1, -0.05) is 24.3 Å². The van der Waals surface area contributed by atoms with Crippen LogP contribution in [0, 0.1) is 10.5 Å². The number of benzene rings is 2. The summed E-state index contributed by atoms with van der Waals surface area (Å²) in [6.07, 6.45) is 0. The summed E-state index contributed by atoms with van der Waals surface area (Å²) in [5, 5.41) is 0.952. The molecule has 21 heavy (non-hydrogen) atoms. The summed E-state index contributed by atoms with van der Waals surface area (Å²) < 4.78 is 6.51. The number of rotatable bonds is 2. The summed E-state index contributed by atoms with van der Waals surface area (Å²) >= 11 is 2.17. The van der Waals surface area contributed by atoms with Gasteiger partial charge in [-0.15, -0.1) is 0 Å². The van der Waals surface area contributed by atoms with Crippen LogP contribution in [0.5, 0.6) is 5.75 Å². The number of hydrogen-bond donors (Lipinski definition) is 0. The number of carbonyl (C=O) groups excluding carboxylic acids is 1. The van der Waals surface area contributed by atoms with Gasteiger partial charge in [0.25, 0.3) is 0 Å². The molecule has 3 rings (SSSR count). The summed E-state index contributed by atoms with van der Waals surface area (Å²) in [5.41, 5.74) is 2.13. The molecule has 1 heterocycles. The Hall–Kier alpha value is -1.95. The van der Waals surface area contributed by atoms with Gasteiger partial charge in [0.1, 0.15) is 5.52 Å². The van der Waals surface area contributed by atoms with E-state index in [2.05, 4.69) is 27.6 Å². The molecule has 0 bridgehead atoms. The Kier molecular flexibility index (Phi) is 3.88. The van der Waals surface area contributed by atoms with Gasteiger partial charge in [0.05, 0.1) is 5.56 Å². The zero-order chi connectivity index (χ0) is 14.8. The molecule has 0 amide bonds. The maximum Gasteiger partial charge on any atom is 0.343 e. The average Bonchev–Trinajstić information content (AvgIpc) is 2.48. The molecular formula is C17H12INO2. The number of esters is 1. The van der Waals surface area contributed by atoms with Gasteiger partial charge in [-0.3, -0.25) is 0 Å². The van der Waals surface area contributed by atoms with Gasteiger partial charge in [-0.05, 0) is 59.8 Å². The van der Waals surface area contributed by atoms with Gasteiger partial charge in [-0.2, -0.15) is 0 Å². The normalized spacial score (nSPS) is 10.6. The summed E-state index contributed by atoms with van der Waals surface area (Å²) in [6.45, 7) is 1.91. The zero-order valence-corrected chi connectivity index (χ0v) is 13.5. The molecule has 0 atom stereocenters. The van der Waals surface area contributed by atoms with E-state index in [0.717, 1.165) is 14.7 Å². The summed E-state index contributed by atoms with van der Waals surface area (Å²) in [6, 6.07) is 16.8. The van der Waals surface area contributed by atoms with E-state index in [1.807, 2.05) is 43.3 Å². The Labute approximate surface area is 136 Å². The fourth-order valence-electron chi connectivity index (χ4n) is 2.07. The third-order valence-corrected chi connectivity index (χ3v) is 3.76. The first-order chi connectivity index (χ1) is 10.1. The standard InChI is InChI=1S/C17H12INO2/c1-11-8-9-12-4-3-7-15(16(12)19-11)21-17(20)13-5-2-6-14(18)10-13/h2-10H,1H3. The Morgan fingerprint density at radius 1 is 1.10 bits per heavy atom. The summed E-state index contributed by atoms with van der Waals surface area (Å²) in [7, 11) is 0. The van der Waals surface area contributed by atoms with Gasteiger partial charge in [0, 0.05) is 14.7 Å². The van der Waals surface area contributed by atoms with Crippen molar-refractivity contribution in [3.8, 4) is 5.75 Å². The lowest BCUT2D eigenvalue weighted by atomic mass is 10.2. The van der Waals surface area contributed by atoms with Crippen molar-refractivity contribution < 1.29 is 9.53 Å². The molecule has 0 N–H and O–H groups in total. The number of carbonyl (C=O) groups is 1. The maximum atomic E-state index is 12.2. The zero-order valence-electron chi connectivity index (χ0n) is 11.3. The van der Waals surface area contributed by atoms with Crippen molar-refractivity contribution in [3.63, 3.8) is 0 Å². The fraction of sp³-hybridized carbons (Fsp3) is 0.0588. The van der Waals surface area contributed by atoms with E-state index in [1.54, 1.807) is 18.2 Å². The van der Waals surface area contributed by atoms with Gasteiger partial charge in [0.2, 0.25) is 0 Å². The second-order valence-corrected chi connectivity index (χ2v) is 5.93. The van der Waals surface area contributed by atoms with Crippen LogP contribution < -0.4 is 4.74 Å². The van der Waals surface area contributed by atoms with Crippen molar-refractivity contribution in [2.75, 3.05) is 0 Å². The molecule has 104 valence electrons. The fourth-order valence-corrected chi connectivity index (χ4v) is 2.62. The Morgan fingerprint density at radius 2 is 1.90 bits per heavy atom.